The summed E-state index contributed by atoms with van der Waals surface area (Å²) in [6.07, 6.45) is 9.66. The van der Waals surface area contributed by atoms with E-state index in [0.29, 0.717) is 29.3 Å². The number of ketones is 2. The van der Waals surface area contributed by atoms with Gasteiger partial charge in [0.15, 0.2) is 5.78 Å². The van der Waals surface area contributed by atoms with Crippen molar-refractivity contribution in [1.29, 1.82) is 0 Å². The second-order valence-electron chi connectivity index (χ2n) is 9.81. The third-order valence-electron chi connectivity index (χ3n) is 8.80. The van der Waals surface area contributed by atoms with Crippen molar-refractivity contribution in [2.75, 3.05) is 0 Å². The van der Waals surface area contributed by atoms with Crippen molar-refractivity contribution in [1.82, 2.24) is 0 Å². The van der Waals surface area contributed by atoms with Crippen LogP contribution in [0.4, 0.5) is 0 Å². The average Bonchev–Trinajstić information content (AvgIpc) is 2.86. The van der Waals surface area contributed by atoms with Crippen LogP contribution in [0.5, 0.6) is 0 Å². The molecule has 3 saturated carbocycles. The van der Waals surface area contributed by atoms with Gasteiger partial charge in [0.1, 0.15) is 5.78 Å². The molecule has 0 radical (unpaired) electrons. The average molecular weight is 328 g/mol. The molecule has 0 aromatic heterocycles. The molecule has 0 unspecified atom stereocenters. The van der Waals surface area contributed by atoms with E-state index in [1.807, 2.05) is 13.0 Å². The Bertz CT molecular complexity index is 617. The van der Waals surface area contributed by atoms with Gasteiger partial charge in [0.2, 0.25) is 0 Å². The third kappa shape index (κ3) is 2.07. The summed E-state index contributed by atoms with van der Waals surface area (Å²) in [6, 6.07) is 0. The van der Waals surface area contributed by atoms with Gasteiger partial charge >= 0.3 is 0 Å². The summed E-state index contributed by atoms with van der Waals surface area (Å²) >= 11 is 0. The maximum absolute atomic E-state index is 12.2. The summed E-state index contributed by atoms with van der Waals surface area (Å²) in [7, 11) is 0. The van der Waals surface area contributed by atoms with E-state index in [0.717, 1.165) is 31.6 Å². The number of hydrogen-bond donors (Lipinski definition) is 0. The van der Waals surface area contributed by atoms with Crippen molar-refractivity contribution in [3.8, 4) is 0 Å². The normalized spacial score (nSPS) is 50.6. The molecule has 0 N–H and O–H groups in total. The Morgan fingerprint density at radius 2 is 1.88 bits per heavy atom. The molecule has 4 aliphatic carbocycles. The van der Waals surface area contributed by atoms with Gasteiger partial charge in [-0.2, -0.15) is 0 Å². The molecule has 2 heteroatoms. The van der Waals surface area contributed by atoms with E-state index in [9.17, 15) is 9.59 Å². The van der Waals surface area contributed by atoms with Gasteiger partial charge in [-0.25, -0.2) is 0 Å². The highest BCUT2D eigenvalue weighted by molar-refractivity contribution is 5.91. The van der Waals surface area contributed by atoms with Gasteiger partial charge < -0.3 is 0 Å². The van der Waals surface area contributed by atoms with Gasteiger partial charge in [0, 0.05) is 12.3 Å². The number of allylic oxidation sites excluding steroid dienone is 1. The first-order valence-electron chi connectivity index (χ1n) is 10.0. The topological polar surface area (TPSA) is 34.1 Å². The smallest absolute Gasteiger partial charge is 0.155 e. The number of hydrogen-bond acceptors (Lipinski definition) is 2. The Kier molecular flexibility index (Phi) is 3.64. The second kappa shape index (κ2) is 5.29. The lowest BCUT2D eigenvalue weighted by molar-refractivity contribution is -0.130. The lowest BCUT2D eigenvalue weighted by Gasteiger charge is -2.60. The molecule has 0 aromatic rings. The van der Waals surface area contributed by atoms with Crippen LogP contribution in [-0.2, 0) is 9.59 Å². The van der Waals surface area contributed by atoms with Crippen molar-refractivity contribution in [2.24, 2.45) is 40.4 Å². The van der Waals surface area contributed by atoms with Crippen LogP contribution in [0.3, 0.4) is 0 Å². The number of fused-ring (bicyclic) bond motifs is 5. The molecule has 0 aliphatic heterocycles. The lowest BCUT2D eigenvalue weighted by Crippen LogP contribution is -2.53. The first kappa shape index (κ1) is 16.5. The van der Waals surface area contributed by atoms with Crippen molar-refractivity contribution in [3.63, 3.8) is 0 Å². The minimum absolute atomic E-state index is 0.226. The summed E-state index contributed by atoms with van der Waals surface area (Å²) in [6.45, 7) is 9.07. The summed E-state index contributed by atoms with van der Waals surface area (Å²) in [5, 5.41) is 0. The minimum Gasteiger partial charge on any atom is -0.300 e. The standard InChI is InChI=1S/C22H32O2/c1-13-11-15-12-16(24)7-9-21(15,3)19-8-10-22(4)17(14(2)23)5-6-18(22)20(13)19/h12-13,17-20H,5-11H2,1-4H3/t13-,17+,18-,19-,20-,21-,22+/m0/s1. The van der Waals surface area contributed by atoms with E-state index in [1.165, 1.54) is 24.8 Å². The van der Waals surface area contributed by atoms with E-state index in [4.69, 9.17) is 0 Å². The minimum atomic E-state index is 0.226. The third-order valence-corrected chi connectivity index (χ3v) is 8.80. The number of carbonyl (C=O) groups excluding carboxylic acids is 2. The lowest BCUT2D eigenvalue weighted by atomic mass is 9.44. The van der Waals surface area contributed by atoms with Crippen molar-refractivity contribution in [2.45, 2.75) is 72.6 Å². The molecule has 0 aromatic carbocycles. The van der Waals surface area contributed by atoms with E-state index < -0.39 is 0 Å². The van der Waals surface area contributed by atoms with Crippen LogP contribution in [0.1, 0.15) is 72.6 Å². The van der Waals surface area contributed by atoms with Crippen LogP contribution in [0.25, 0.3) is 0 Å². The van der Waals surface area contributed by atoms with E-state index in [1.54, 1.807) is 0 Å². The zero-order valence-corrected chi connectivity index (χ0v) is 15.7. The highest BCUT2D eigenvalue weighted by Gasteiger charge is 2.61. The van der Waals surface area contributed by atoms with Gasteiger partial charge in [-0.15, -0.1) is 0 Å². The highest BCUT2D eigenvalue weighted by Crippen LogP contribution is 2.67. The van der Waals surface area contributed by atoms with Crippen LogP contribution < -0.4 is 0 Å². The van der Waals surface area contributed by atoms with Gasteiger partial charge in [-0.05, 0) is 86.0 Å². The maximum atomic E-state index is 12.2. The SMILES string of the molecule is CC(=O)[C@H]1CC[C@H]2[C@@H]3[C@@H](C)CC4=CC(=O)CC[C@]4(C)[C@H]3CC[C@]12C. The Balaban J connectivity index is 1.72. The Labute approximate surface area is 146 Å². The Morgan fingerprint density at radius 1 is 1.12 bits per heavy atom. The molecular formula is C22H32O2. The molecule has 0 bridgehead atoms. The number of rotatable bonds is 1. The molecule has 0 amide bonds. The largest absolute Gasteiger partial charge is 0.300 e. The van der Waals surface area contributed by atoms with Crippen LogP contribution >= 0.6 is 0 Å². The summed E-state index contributed by atoms with van der Waals surface area (Å²) < 4.78 is 0. The Hall–Kier alpha value is -0.920. The van der Waals surface area contributed by atoms with E-state index in [2.05, 4.69) is 20.8 Å². The van der Waals surface area contributed by atoms with Crippen LogP contribution in [0.2, 0.25) is 0 Å². The van der Waals surface area contributed by atoms with Crippen LogP contribution in [-0.4, -0.2) is 11.6 Å². The molecule has 132 valence electrons. The zero-order chi connectivity index (χ0) is 17.3. The molecule has 4 rings (SSSR count). The molecule has 0 spiro atoms. The monoisotopic (exact) mass is 328 g/mol. The second-order valence-corrected chi connectivity index (χ2v) is 9.81. The van der Waals surface area contributed by atoms with Gasteiger partial charge in [-0.1, -0.05) is 26.3 Å². The van der Waals surface area contributed by atoms with Crippen molar-refractivity contribution >= 4 is 11.6 Å². The summed E-state index contributed by atoms with van der Waals surface area (Å²) in [5.74, 6) is 3.84. The van der Waals surface area contributed by atoms with Crippen LogP contribution in [0.15, 0.2) is 11.6 Å². The Morgan fingerprint density at radius 3 is 2.58 bits per heavy atom. The van der Waals surface area contributed by atoms with Gasteiger partial charge in [0.05, 0.1) is 0 Å². The first-order valence-corrected chi connectivity index (χ1v) is 10.0. The fraction of sp³-hybridized carbons (Fsp3) is 0.818. The fourth-order valence-corrected chi connectivity index (χ4v) is 7.57. The van der Waals surface area contributed by atoms with Gasteiger partial charge in [0.25, 0.3) is 0 Å². The first-order chi connectivity index (χ1) is 11.3. The zero-order valence-electron chi connectivity index (χ0n) is 15.7. The number of Topliss-reactive ketones (excluding diaryl/α,β-unsaturated/α-hetero) is 1. The molecule has 3 fully saturated rings. The highest BCUT2D eigenvalue weighted by atomic mass is 16.1. The molecular weight excluding hydrogens is 296 g/mol. The molecule has 0 saturated heterocycles. The number of carbonyl (C=O) groups is 2. The maximum Gasteiger partial charge on any atom is 0.155 e. The quantitative estimate of drug-likeness (QED) is 0.681. The summed E-state index contributed by atoms with van der Waals surface area (Å²) in [5.41, 5.74) is 1.90. The van der Waals surface area contributed by atoms with Gasteiger partial charge in [-0.3, -0.25) is 9.59 Å². The van der Waals surface area contributed by atoms with Crippen molar-refractivity contribution < 1.29 is 9.59 Å². The molecule has 2 nitrogen and oxygen atoms in total. The predicted molar refractivity (Wildman–Crippen MR) is 95.4 cm³/mol. The molecule has 7 atom stereocenters. The van der Waals surface area contributed by atoms with Crippen LogP contribution in [0, 0.1) is 40.4 Å². The fourth-order valence-electron chi connectivity index (χ4n) is 7.57. The van der Waals surface area contributed by atoms with E-state index in [-0.39, 0.29) is 16.7 Å². The molecule has 0 heterocycles. The summed E-state index contributed by atoms with van der Waals surface area (Å²) in [4.78, 5) is 24.2. The van der Waals surface area contributed by atoms with E-state index >= 15 is 0 Å². The molecule has 24 heavy (non-hydrogen) atoms. The predicted octanol–water partition coefficient (Wildman–Crippen LogP) is 4.97. The van der Waals surface area contributed by atoms with Crippen molar-refractivity contribution in [3.05, 3.63) is 11.6 Å². The molecule has 4 aliphatic rings.